The van der Waals surface area contributed by atoms with Gasteiger partial charge < -0.3 is 40.3 Å². The van der Waals surface area contributed by atoms with Crippen molar-refractivity contribution in [1.82, 2.24) is 5.32 Å². The summed E-state index contributed by atoms with van der Waals surface area (Å²) < 4.78 is 11.3. The van der Waals surface area contributed by atoms with Crippen LogP contribution in [0.2, 0.25) is 0 Å². The van der Waals surface area contributed by atoms with E-state index in [4.69, 9.17) is 9.47 Å². The SMILES string of the molecule is CCCCCCCCCCCCCCCCCCCCCCCCCC(=O)N[C@@H](CO[C@@H]1O[C@H](CO)[C@H](O)C(O)C1O)[C@H](O)CCCCCCCCCCCCCC. The van der Waals surface area contributed by atoms with Crippen LogP contribution in [-0.2, 0) is 14.3 Å². The Balaban J connectivity index is 2.20. The molecule has 0 aromatic heterocycles. The number of aliphatic hydroxyl groups excluding tert-OH is 5. The monoisotopic (exact) mass is 828 g/mol. The summed E-state index contributed by atoms with van der Waals surface area (Å²) in [5.41, 5.74) is 0. The first-order valence-electron chi connectivity index (χ1n) is 25.2. The van der Waals surface area contributed by atoms with Gasteiger partial charge in [0.05, 0.1) is 25.4 Å². The van der Waals surface area contributed by atoms with E-state index in [1.165, 1.54) is 186 Å². The number of nitrogens with one attached hydrogen (secondary N) is 1. The van der Waals surface area contributed by atoms with Crippen molar-refractivity contribution >= 4 is 5.91 Å². The zero-order valence-corrected chi connectivity index (χ0v) is 38.1. The van der Waals surface area contributed by atoms with Gasteiger partial charge in [0.1, 0.15) is 24.4 Å². The fourth-order valence-electron chi connectivity index (χ4n) is 8.40. The maximum absolute atomic E-state index is 13.0. The number of amides is 1. The second kappa shape index (κ2) is 40.3. The van der Waals surface area contributed by atoms with E-state index in [-0.39, 0.29) is 12.5 Å². The second-order valence-corrected chi connectivity index (χ2v) is 18.0. The van der Waals surface area contributed by atoms with Crippen molar-refractivity contribution in [2.24, 2.45) is 0 Å². The summed E-state index contributed by atoms with van der Waals surface area (Å²) in [5.74, 6) is -0.139. The number of rotatable bonds is 43. The van der Waals surface area contributed by atoms with Gasteiger partial charge in [-0.15, -0.1) is 0 Å². The molecule has 1 rings (SSSR count). The standard InChI is InChI=1S/C49H97NO8/c1-3-5-7-9-11-13-15-17-18-19-20-21-22-23-24-25-26-27-29-31-33-35-37-39-45(53)50-42(41-57-49-48(56)47(55)46(54)44(40-51)58-49)43(52)38-36-34-32-30-28-16-14-12-10-8-6-4-2/h42-44,46-49,51-52,54-56H,3-41H2,1-2H3,(H,50,53)/t42-,43+,44+,46-,47?,48?,49+/m0/s1. The van der Waals surface area contributed by atoms with Crippen LogP contribution in [0.5, 0.6) is 0 Å². The molecule has 1 aliphatic heterocycles. The molecule has 0 spiro atoms. The molecule has 2 unspecified atom stereocenters. The Morgan fingerprint density at radius 2 is 0.862 bits per heavy atom. The molecule has 0 aromatic rings. The van der Waals surface area contributed by atoms with E-state index in [0.717, 1.165) is 38.5 Å². The van der Waals surface area contributed by atoms with Crippen molar-refractivity contribution in [1.29, 1.82) is 0 Å². The Labute approximate surface area is 357 Å². The average molecular weight is 828 g/mol. The molecule has 1 saturated heterocycles. The number of unbranched alkanes of at least 4 members (excludes halogenated alkanes) is 33. The molecule has 7 atom stereocenters. The summed E-state index contributed by atoms with van der Waals surface area (Å²) in [6, 6.07) is -0.711. The third-order valence-electron chi connectivity index (χ3n) is 12.5. The Morgan fingerprint density at radius 3 is 1.22 bits per heavy atom. The lowest BCUT2D eigenvalue weighted by Crippen LogP contribution is -2.60. The largest absolute Gasteiger partial charge is 0.394 e. The molecule has 6 N–H and O–H groups in total. The highest BCUT2D eigenvalue weighted by molar-refractivity contribution is 5.76. The molecule has 1 aliphatic rings. The fourth-order valence-corrected chi connectivity index (χ4v) is 8.40. The number of carbonyl (C=O) groups is 1. The minimum absolute atomic E-state index is 0.132. The summed E-state index contributed by atoms with van der Waals surface area (Å²) >= 11 is 0. The van der Waals surface area contributed by atoms with Gasteiger partial charge in [0, 0.05) is 6.42 Å². The summed E-state index contributed by atoms with van der Waals surface area (Å²) in [7, 11) is 0. The molecule has 1 heterocycles. The minimum Gasteiger partial charge on any atom is -0.394 e. The first-order valence-corrected chi connectivity index (χ1v) is 25.2. The number of aliphatic hydroxyl groups is 5. The smallest absolute Gasteiger partial charge is 0.220 e. The summed E-state index contributed by atoms with van der Waals surface area (Å²) in [4.78, 5) is 13.0. The first kappa shape index (κ1) is 55.2. The summed E-state index contributed by atoms with van der Waals surface area (Å²) in [5, 5.41) is 54.4. The van der Waals surface area contributed by atoms with E-state index in [0.29, 0.717) is 12.8 Å². The predicted octanol–water partition coefficient (Wildman–Crippen LogP) is 11.1. The van der Waals surface area contributed by atoms with Crippen molar-refractivity contribution < 1.29 is 39.8 Å². The quantitative estimate of drug-likeness (QED) is 0.0333. The van der Waals surface area contributed by atoms with E-state index in [1.54, 1.807) is 0 Å². The van der Waals surface area contributed by atoms with E-state index in [2.05, 4.69) is 19.2 Å². The normalized spacial score (nSPS) is 20.7. The zero-order valence-electron chi connectivity index (χ0n) is 38.1. The minimum atomic E-state index is -1.55. The summed E-state index contributed by atoms with van der Waals surface area (Å²) in [6.45, 7) is 3.85. The third kappa shape index (κ3) is 30.3. The lowest BCUT2D eigenvalue weighted by Gasteiger charge is -2.40. The molecule has 0 aromatic carbocycles. The molecule has 58 heavy (non-hydrogen) atoms. The highest BCUT2D eigenvalue weighted by atomic mass is 16.7. The topological polar surface area (TPSA) is 149 Å². The molecule has 0 aliphatic carbocycles. The Morgan fingerprint density at radius 1 is 0.517 bits per heavy atom. The van der Waals surface area contributed by atoms with Crippen LogP contribution in [0.15, 0.2) is 0 Å². The van der Waals surface area contributed by atoms with E-state index in [1.807, 2.05) is 0 Å². The third-order valence-corrected chi connectivity index (χ3v) is 12.5. The van der Waals surface area contributed by atoms with Crippen LogP contribution in [0.3, 0.4) is 0 Å². The van der Waals surface area contributed by atoms with E-state index >= 15 is 0 Å². The van der Waals surface area contributed by atoms with Gasteiger partial charge in [0.15, 0.2) is 6.29 Å². The van der Waals surface area contributed by atoms with Gasteiger partial charge in [0.2, 0.25) is 5.91 Å². The van der Waals surface area contributed by atoms with Crippen LogP contribution >= 0.6 is 0 Å². The number of ether oxygens (including phenoxy) is 2. The van der Waals surface area contributed by atoms with Gasteiger partial charge in [-0.2, -0.15) is 0 Å². The van der Waals surface area contributed by atoms with Gasteiger partial charge in [-0.1, -0.05) is 232 Å². The van der Waals surface area contributed by atoms with Crippen LogP contribution in [0.4, 0.5) is 0 Å². The highest BCUT2D eigenvalue weighted by Gasteiger charge is 2.44. The second-order valence-electron chi connectivity index (χ2n) is 18.0. The van der Waals surface area contributed by atoms with Gasteiger partial charge in [-0.05, 0) is 12.8 Å². The molecular formula is C49H97NO8. The Hall–Kier alpha value is -0.810. The van der Waals surface area contributed by atoms with Gasteiger partial charge in [-0.25, -0.2) is 0 Å². The maximum atomic E-state index is 13.0. The molecule has 1 fully saturated rings. The summed E-state index contributed by atoms with van der Waals surface area (Å²) in [6.07, 6.45) is 38.4. The van der Waals surface area contributed by atoms with Crippen molar-refractivity contribution in [3.05, 3.63) is 0 Å². The molecular weight excluding hydrogens is 731 g/mol. The number of hydrogen-bond acceptors (Lipinski definition) is 8. The first-order chi connectivity index (χ1) is 28.3. The van der Waals surface area contributed by atoms with Crippen LogP contribution in [0.25, 0.3) is 0 Å². The zero-order chi connectivity index (χ0) is 42.3. The van der Waals surface area contributed by atoms with Crippen LogP contribution in [-0.4, -0.2) is 87.5 Å². The molecule has 346 valence electrons. The van der Waals surface area contributed by atoms with Crippen LogP contribution < -0.4 is 5.32 Å². The Bertz CT molecular complexity index is 878. The Kier molecular flexibility index (Phi) is 38.3. The highest BCUT2D eigenvalue weighted by Crippen LogP contribution is 2.23. The van der Waals surface area contributed by atoms with Crippen molar-refractivity contribution in [3.8, 4) is 0 Å². The van der Waals surface area contributed by atoms with E-state index < -0.39 is 49.5 Å². The number of carbonyl (C=O) groups excluding carboxylic acids is 1. The fraction of sp³-hybridized carbons (Fsp3) is 0.980. The van der Waals surface area contributed by atoms with Crippen molar-refractivity contribution in [2.45, 2.75) is 294 Å². The lowest BCUT2D eigenvalue weighted by molar-refractivity contribution is -0.302. The number of hydrogen-bond donors (Lipinski definition) is 6. The molecule has 0 bridgehead atoms. The van der Waals surface area contributed by atoms with Gasteiger partial charge >= 0.3 is 0 Å². The lowest BCUT2D eigenvalue weighted by atomic mass is 9.99. The average Bonchev–Trinajstić information content (AvgIpc) is 3.22. The predicted molar refractivity (Wildman–Crippen MR) is 240 cm³/mol. The van der Waals surface area contributed by atoms with Crippen molar-refractivity contribution in [3.63, 3.8) is 0 Å². The molecule has 9 nitrogen and oxygen atoms in total. The van der Waals surface area contributed by atoms with Crippen molar-refractivity contribution in [2.75, 3.05) is 13.2 Å². The molecule has 9 heteroatoms. The van der Waals surface area contributed by atoms with Gasteiger partial charge in [-0.3, -0.25) is 4.79 Å². The molecule has 0 radical (unpaired) electrons. The van der Waals surface area contributed by atoms with E-state index in [9.17, 15) is 30.3 Å². The molecule has 1 amide bonds. The van der Waals surface area contributed by atoms with Crippen LogP contribution in [0, 0.1) is 0 Å². The van der Waals surface area contributed by atoms with Crippen LogP contribution in [0.1, 0.15) is 251 Å². The van der Waals surface area contributed by atoms with Gasteiger partial charge in [0.25, 0.3) is 0 Å². The maximum Gasteiger partial charge on any atom is 0.220 e. The molecule has 0 saturated carbocycles.